The fourth-order valence-electron chi connectivity index (χ4n) is 3.25. The Morgan fingerprint density at radius 3 is 2.28 bits per heavy atom. The van der Waals surface area contributed by atoms with E-state index in [2.05, 4.69) is 4.90 Å². The highest BCUT2D eigenvalue weighted by atomic mass is 19.4. The van der Waals surface area contributed by atoms with E-state index in [9.17, 15) is 22.8 Å². The number of furan rings is 1. The standard InChI is InChI=1S/C19H25N3O3.C2HF3O2/c1-14-4-6-17(25-14)19(24)21-10-8-15-5-7-18(23)22(13-12-20(2)3)16(15)9-11-21;3-2(4,5)1(6)7/h4-7H,8-13H2,1-3H3;(H,6,7). The number of hydrogen-bond donors (Lipinski definition) is 1. The van der Waals surface area contributed by atoms with Gasteiger partial charge < -0.3 is 23.9 Å². The molecular weight excluding hydrogens is 431 g/mol. The molecule has 0 saturated carbocycles. The van der Waals surface area contributed by atoms with Crippen molar-refractivity contribution in [1.29, 1.82) is 0 Å². The van der Waals surface area contributed by atoms with Gasteiger partial charge in [0, 0.05) is 44.4 Å². The summed E-state index contributed by atoms with van der Waals surface area (Å²) in [4.78, 5) is 37.7. The normalized spacial score (nSPS) is 13.8. The van der Waals surface area contributed by atoms with Crippen molar-refractivity contribution in [3.05, 3.63) is 57.4 Å². The molecule has 3 heterocycles. The molecule has 8 nitrogen and oxygen atoms in total. The maximum atomic E-state index is 12.6. The summed E-state index contributed by atoms with van der Waals surface area (Å²) in [5, 5.41) is 7.12. The number of carboxylic acid groups (broad SMARTS) is 1. The minimum atomic E-state index is -5.08. The van der Waals surface area contributed by atoms with Crippen LogP contribution in [0.25, 0.3) is 0 Å². The van der Waals surface area contributed by atoms with Crippen LogP contribution in [0, 0.1) is 6.92 Å². The van der Waals surface area contributed by atoms with Crippen LogP contribution in [-0.2, 0) is 24.2 Å². The van der Waals surface area contributed by atoms with E-state index < -0.39 is 12.1 Å². The number of fused-ring (bicyclic) bond motifs is 1. The Balaban J connectivity index is 0.000000451. The number of halogens is 3. The van der Waals surface area contributed by atoms with E-state index in [0.717, 1.165) is 30.0 Å². The monoisotopic (exact) mass is 457 g/mol. The van der Waals surface area contributed by atoms with Crippen LogP contribution < -0.4 is 5.56 Å². The third-order valence-corrected chi connectivity index (χ3v) is 4.91. The number of aromatic nitrogens is 1. The van der Waals surface area contributed by atoms with Crippen LogP contribution in [0.3, 0.4) is 0 Å². The Morgan fingerprint density at radius 2 is 1.75 bits per heavy atom. The maximum absolute atomic E-state index is 12.6. The number of nitrogens with zero attached hydrogens (tertiary/aromatic N) is 3. The molecule has 2 aromatic rings. The van der Waals surface area contributed by atoms with Crippen LogP contribution in [-0.4, -0.2) is 71.3 Å². The van der Waals surface area contributed by atoms with Crippen molar-refractivity contribution in [2.45, 2.75) is 32.5 Å². The zero-order valence-electron chi connectivity index (χ0n) is 18.1. The van der Waals surface area contributed by atoms with Gasteiger partial charge in [0.2, 0.25) is 0 Å². The van der Waals surface area contributed by atoms with Crippen LogP contribution in [0.15, 0.2) is 33.5 Å². The number of aliphatic carboxylic acids is 1. The molecule has 32 heavy (non-hydrogen) atoms. The summed E-state index contributed by atoms with van der Waals surface area (Å²) >= 11 is 0. The second-order valence-electron chi connectivity index (χ2n) is 7.60. The van der Waals surface area contributed by atoms with E-state index in [1.54, 1.807) is 18.2 Å². The first-order valence-electron chi connectivity index (χ1n) is 9.92. The molecule has 0 atom stereocenters. The van der Waals surface area contributed by atoms with E-state index in [-0.39, 0.29) is 11.5 Å². The number of carboxylic acids is 1. The molecule has 2 aromatic heterocycles. The van der Waals surface area contributed by atoms with Gasteiger partial charge in [-0.2, -0.15) is 13.2 Å². The Morgan fingerprint density at radius 1 is 1.12 bits per heavy atom. The lowest BCUT2D eigenvalue weighted by Crippen LogP contribution is -2.33. The maximum Gasteiger partial charge on any atom is 0.490 e. The molecule has 1 amide bonds. The second-order valence-corrected chi connectivity index (χ2v) is 7.60. The fraction of sp³-hybridized carbons (Fsp3) is 0.476. The Hall–Kier alpha value is -3.08. The molecule has 0 spiro atoms. The van der Waals surface area contributed by atoms with Crippen LogP contribution in [0.4, 0.5) is 13.2 Å². The SMILES string of the molecule is Cc1ccc(C(=O)N2CCc3ccc(=O)n(CCN(C)C)c3CC2)o1.O=C(O)C(F)(F)F. The molecule has 0 bridgehead atoms. The van der Waals surface area contributed by atoms with Crippen LogP contribution >= 0.6 is 0 Å². The van der Waals surface area contributed by atoms with Gasteiger partial charge in [-0.3, -0.25) is 9.59 Å². The lowest BCUT2D eigenvalue weighted by molar-refractivity contribution is -0.192. The molecule has 0 saturated heterocycles. The van der Waals surface area contributed by atoms with Crippen LogP contribution in [0.1, 0.15) is 27.6 Å². The van der Waals surface area contributed by atoms with Gasteiger partial charge in [-0.05, 0) is 45.1 Å². The zero-order valence-corrected chi connectivity index (χ0v) is 18.1. The molecule has 0 radical (unpaired) electrons. The van der Waals surface area contributed by atoms with Crippen molar-refractivity contribution >= 4 is 11.9 Å². The number of alkyl halides is 3. The molecule has 1 N–H and O–H groups in total. The summed E-state index contributed by atoms with van der Waals surface area (Å²) in [6, 6.07) is 7.08. The van der Waals surface area contributed by atoms with Gasteiger partial charge in [-0.25, -0.2) is 4.79 Å². The molecule has 0 aliphatic carbocycles. The number of rotatable bonds is 4. The third-order valence-electron chi connectivity index (χ3n) is 4.91. The number of aryl methyl sites for hydroxylation is 1. The van der Waals surface area contributed by atoms with Crippen molar-refractivity contribution in [3.8, 4) is 0 Å². The summed E-state index contributed by atoms with van der Waals surface area (Å²) in [5.74, 6) is -1.72. The van der Waals surface area contributed by atoms with Gasteiger partial charge in [0.1, 0.15) is 5.76 Å². The molecule has 0 fully saturated rings. The van der Waals surface area contributed by atoms with Crippen molar-refractivity contribution in [3.63, 3.8) is 0 Å². The van der Waals surface area contributed by atoms with Crippen molar-refractivity contribution in [2.24, 2.45) is 0 Å². The number of carbonyl (C=O) groups excluding carboxylic acids is 1. The van der Waals surface area contributed by atoms with E-state index in [4.69, 9.17) is 14.3 Å². The average Bonchev–Trinajstić information content (AvgIpc) is 3.02. The molecule has 11 heteroatoms. The molecule has 176 valence electrons. The van der Waals surface area contributed by atoms with E-state index >= 15 is 0 Å². The third kappa shape index (κ3) is 6.71. The van der Waals surface area contributed by atoms with Gasteiger partial charge in [-0.15, -0.1) is 0 Å². The number of pyridine rings is 1. The minimum Gasteiger partial charge on any atom is -0.475 e. The molecule has 3 rings (SSSR count). The highest BCUT2D eigenvalue weighted by molar-refractivity contribution is 5.91. The first-order valence-corrected chi connectivity index (χ1v) is 9.92. The van der Waals surface area contributed by atoms with Crippen LogP contribution in [0.5, 0.6) is 0 Å². The summed E-state index contributed by atoms with van der Waals surface area (Å²) in [6.07, 6.45) is -3.65. The predicted molar refractivity (Wildman–Crippen MR) is 110 cm³/mol. The van der Waals surface area contributed by atoms with Gasteiger partial charge in [0.05, 0.1) is 0 Å². The number of hydrogen-bond acceptors (Lipinski definition) is 5. The largest absolute Gasteiger partial charge is 0.490 e. The molecular formula is C21H26F3N3O5. The van der Waals surface area contributed by atoms with E-state index in [1.807, 2.05) is 36.6 Å². The number of carbonyl (C=O) groups is 2. The Bertz CT molecular complexity index is 1010. The van der Waals surface area contributed by atoms with Gasteiger partial charge in [0.25, 0.3) is 11.5 Å². The lowest BCUT2D eigenvalue weighted by Gasteiger charge is -2.19. The van der Waals surface area contributed by atoms with Gasteiger partial charge in [-0.1, -0.05) is 6.07 Å². The number of amides is 1. The minimum absolute atomic E-state index is 0.0297. The first kappa shape index (κ1) is 25.2. The van der Waals surface area contributed by atoms with E-state index in [1.165, 1.54) is 0 Å². The van der Waals surface area contributed by atoms with Crippen molar-refractivity contribution in [2.75, 3.05) is 33.7 Å². The Kier molecular flexibility index (Phi) is 8.25. The highest BCUT2D eigenvalue weighted by Gasteiger charge is 2.38. The smallest absolute Gasteiger partial charge is 0.475 e. The summed E-state index contributed by atoms with van der Waals surface area (Å²) in [7, 11) is 4.00. The van der Waals surface area contributed by atoms with E-state index in [0.29, 0.717) is 31.8 Å². The fourth-order valence-corrected chi connectivity index (χ4v) is 3.25. The Labute approximate surface area is 182 Å². The summed E-state index contributed by atoms with van der Waals surface area (Å²) in [5.41, 5.74) is 2.24. The quantitative estimate of drug-likeness (QED) is 0.756. The summed E-state index contributed by atoms with van der Waals surface area (Å²) in [6.45, 7) is 4.54. The molecule has 1 aliphatic rings. The molecule has 0 aromatic carbocycles. The summed E-state index contributed by atoms with van der Waals surface area (Å²) < 4.78 is 39.1. The van der Waals surface area contributed by atoms with Crippen molar-refractivity contribution < 1.29 is 32.3 Å². The predicted octanol–water partition coefficient (Wildman–Crippen LogP) is 2.19. The molecule has 1 aliphatic heterocycles. The average molecular weight is 457 g/mol. The van der Waals surface area contributed by atoms with Gasteiger partial charge >= 0.3 is 12.1 Å². The lowest BCUT2D eigenvalue weighted by atomic mass is 10.1. The first-order chi connectivity index (χ1) is 14.9. The molecule has 0 unspecified atom stereocenters. The zero-order chi connectivity index (χ0) is 24.1. The topological polar surface area (TPSA) is 96.0 Å². The highest BCUT2D eigenvalue weighted by Crippen LogP contribution is 2.17. The van der Waals surface area contributed by atoms with Crippen molar-refractivity contribution in [1.82, 2.24) is 14.4 Å². The second kappa shape index (κ2) is 10.5. The van der Waals surface area contributed by atoms with Crippen LogP contribution in [0.2, 0.25) is 0 Å². The number of likely N-dealkylation sites (N-methyl/N-ethyl adjacent to an activating group) is 1. The van der Waals surface area contributed by atoms with Gasteiger partial charge in [0.15, 0.2) is 5.76 Å².